The van der Waals surface area contributed by atoms with Crippen molar-refractivity contribution in [1.29, 1.82) is 0 Å². The van der Waals surface area contributed by atoms with Gasteiger partial charge in [-0.05, 0) is 36.8 Å². The van der Waals surface area contributed by atoms with Crippen molar-refractivity contribution in [3.05, 3.63) is 58.2 Å². The van der Waals surface area contributed by atoms with Crippen LogP contribution in [0.1, 0.15) is 16.8 Å². The predicted molar refractivity (Wildman–Crippen MR) is 85.0 cm³/mol. The van der Waals surface area contributed by atoms with Crippen LogP contribution in [0.15, 0.2) is 41.6 Å². The van der Waals surface area contributed by atoms with E-state index < -0.39 is 0 Å². The van der Waals surface area contributed by atoms with E-state index in [1.54, 1.807) is 6.07 Å². The van der Waals surface area contributed by atoms with Crippen LogP contribution in [0.25, 0.3) is 0 Å². The van der Waals surface area contributed by atoms with Crippen molar-refractivity contribution in [1.82, 2.24) is 4.98 Å². The molecule has 0 bridgehead atoms. The molecule has 0 radical (unpaired) electrons. The van der Waals surface area contributed by atoms with E-state index in [-0.39, 0.29) is 5.84 Å². The average molecular weight is 305 g/mol. The van der Waals surface area contributed by atoms with Crippen LogP contribution in [0.2, 0.25) is 5.02 Å². The van der Waals surface area contributed by atoms with Gasteiger partial charge in [-0.15, -0.1) is 0 Å². The van der Waals surface area contributed by atoms with Crippen LogP contribution >= 0.6 is 11.6 Å². The summed E-state index contributed by atoms with van der Waals surface area (Å²) < 4.78 is 0. The van der Waals surface area contributed by atoms with Gasteiger partial charge in [0.15, 0.2) is 5.84 Å². The molecule has 2 aromatic rings. The lowest BCUT2D eigenvalue weighted by molar-refractivity contribution is 0.318. The summed E-state index contributed by atoms with van der Waals surface area (Å²) >= 11 is 5.89. The molecule has 21 heavy (non-hydrogen) atoms. The summed E-state index contributed by atoms with van der Waals surface area (Å²) in [5, 5.41) is 12.6. The number of nitrogens with two attached hydrogens (primary N) is 1. The summed E-state index contributed by atoms with van der Waals surface area (Å²) in [4.78, 5) is 6.43. The monoisotopic (exact) mass is 304 g/mol. The summed E-state index contributed by atoms with van der Waals surface area (Å²) in [6.07, 6.45) is 0. The fourth-order valence-corrected chi connectivity index (χ4v) is 2.15. The average Bonchev–Trinajstić information content (AvgIpc) is 2.48. The number of pyridine rings is 1. The van der Waals surface area contributed by atoms with Gasteiger partial charge in [-0.3, -0.25) is 0 Å². The number of nitrogens with zero attached hydrogens (tertiary/aromatic N) is 3. The van der Waals surface area contributed by atoms with E-state index in [4.69, 9.17) is 22.5 Å². The number of benzene rings is 1. The Morgan fingerprint density at radius 1 is 1.29 bits per heavy atom. The number of halogens is 1. The highest BCUT2D eigenvalue weighted by Gasteiger charge is 2.13. The van der Waals surface area contributed by atoms with Crippen molar-refractivity contribution in [2.45, 2.75) is 13.5 Å². The first-order valence-corrected chi connectivity index (χ1v) is 6.80. The minimum Gasteiger partial charge on any atom is -0.409 e. The molecule has 110 valence electrons. The second-order valence-corrected chi connectivity index (χ2v) is 5.23. The molecule has 0 aliphatic heterocycles. The number of anilines is 1. The Morgan fingerprint density at radius 3 is 2.57 bits per heavy atom. The van der Waals surface area contributed by atoms with Gasteiger partial charge in [0.1, 0.15) is 5.82 Å². The maximum atomic E-state index is 8.89. The van der Waals surface area contributed by atoms with Crippen molar-refractivity contribution in [2.24, 2.45) is 10.9 Å². The maximum Gasteiger partial charge on any atom is 0.173 e. The van der Waals surface area contributed by atoms with Gasteiger partial charge in [0.05, 0.1) is 5.56 Å². The third-order valence-corrected chi connectivity index (χ3v) is 3.34. The Balaban J connectivity index is 2.31. The third kappa shape index (κ3) is 3.64. The van der Waals surface area contributed by atoms with Crippen molar-refractivity contribution in [2.75, 3.05) is 11.9 Å². The number of hydrogen-bond acceptors (Lipinski definition) is 4. The lowest BCUT2D eigenvalue weighted by Crippen LogP contribution is -2.24. The van der Waals surface area contributed by atoms with Crippen LogP contribution in [0.4, 0.5) is 5.82 Å². The first kappa shape index (κ1) is 15.1. The molecular weight excluding hydrogens is 288 g/mol. The van der Waals surface area contributed by atoms with Crippen LogP contribution in [-0.2, 0) is 6.54 Å². The molecular formula is C15H17ClN4O. The van der Waals surface area contributed by atoms with Gasteiger partial charge in [-0.2, -0.15) is 0 Å². The summed E-state index contributed by atoms with van der Waals surface area (Å²) in [7, 11) is 1.91. The third-order valence-electron chi connectivity index (χ3n) is 3.09. The van der Waals surface area contributed by atoms with Crippen LogP contribution in [0.5, 0.6) is 0 Å². The Labute approximate surface area is 128 Å². The SMILES string of the molecule is Cc1ccc(C(N)=NO)c(N(C)Cc2ccc(Cl)cc2)n1. The van der Waals surface area contributed by atoms with Gasteiger partial charge in [0.25, 0.3) is 0 Å². The molecule has 0 saturated heterocycles. The zero-order valence-corrected chi connectivity index (χ0v) is 12.7. The molecule has 0 atom stereocenters. The second-order valence-electron chi connectivity index (χ2n) is 4.79. The lowest BCUT2D eigenvalue weighted by atomic mass is 10.1. The number of aryl methyl sites for hydroxylation is 1. The van der Waals surface area contributed by atoms with Crippen LogP contribution in [-0.4, -0.2) is 23.1 Å². The highest BCUT2D eigenvalue weighted by Crippen LogP contribution is 2.20. The van der Waals surface area contributed by atoms with E-state index in [1.807, 2.05) is 49.2 Å². The summed E-state index contributed by atoms with van der Waals surface area (Å²) in [5.41, 5.74) is 8.27. The smallest absolute Gasteiger partial charge is 0.173 e. The minimum atomic E-state index is 0.0421. The van der Waals surface area contributed by atoms with E-state index in [2.05, 4.69) is 10.1 Å². The number of amidine groups is 1. The standard InChI is InChI=1S/C15H17ClN4O/c1-10-3-8-13(14(17)19-21)15(18-10)20(2)9-11-4-6-12(16)7-5-11/h3-8,21H,9H2,1-2H3,(H2,17,19). The Kier molecular flexibility index (Phi) is 4.65. The Morgan fingerprint density at radius 2 is 1.95 bits per heavy atom. The number of oxime groups is 1. The van der Waals surface area contributed by atoms with Gasteiger partial charge >= 0.3 is 0 Å². The molecule has 0 unspecified atom stereocenters. The topological polar surface area (TPSA) is 74.7 Å². The Bertz CT molecular complexity index is 655. The van der Waals surface area contributed by atoms with Crippen molar-refractivity contribution in [3.8, 4) is 0 Å². The number of aromatic nitrogens is 1. The van der Waals surface area contributed by atoms with Gasteiger partial charge in [0.2, 0.25) is 0 Å². The maximum absolute atomic E-state index is 8.89. The largest absolute Gasteiger partial charge is 0.409 e. The molecule has 1 aromatic carbocycles. The van der Waals surface area contributed by atoms with Gasteiger partial charge in [-0.1, -0.05) is 28.9 Å². The van der Waals surface area contributed by atoms with Crippen LogP contribution in [0.3, 0.4) is 0 Å². The molecule has 0 fully saturated rings. The summed E-state index contributed by atoms with van der Waals surface area (Å²) in [5.74, 6) is 0.709. The van der Waals surface area contributed by atoms with Crippen molar-refractivity contribution >= 4 is 23.3 Å². The highest BCUT2D eigenvalue weighted by molar-refractivity contribution is 6.30. The molecule has 0 amide bonds. The van der Waals surface area contributed by atoms with Crippen LogP contribution in [0, 0.1) is 6.92 Å². The number of hydrogen-bond donors (Lipinski definition) is 2. The van der Waals surface area contributed by atoms with Gasteiger partial charge in [-0.25, -0.2) is 4.98 Å². The molecule has 0 spiro atoms. The fourth-order valence-electron chi connectivity index (χ4n) is 2.03. The molecule has 1 aromatic heterocycles. The molecule has 6 heteroatoms. The molecule has 1 heterocycles. The minimum absolute atomic E-state index is 0.0421. The Hall–Kier alpha value is -2.27. The molecule has 0 saturated carbocycles. The zero-order valence-electron chi connectivity index (χ0n) is 11.9. The van der Waals surface area contributed by atoms with Gasteiger partial charge in [0, 0.05) is 24.3 Å². The van der Waals surface area contributed by atoms with Crippen LogP contribution < -0.4 is 10.6 Å². The zero-order chi connectivity index (χ0) is 15.4. The van der Waals surface area contributed by atoms with Crippen molar-refractivity contribution in [3.63, 3.8) is 0 Å². The predicted octanol–water partition coefficient (Wildman–Crippen LogP) is 2.77. The lowest BCUT2D eigenvalue weighted by Gasteiger charge is -2.21. The molecule has 5 nitrogen and oxygen atoms in total. The van der Waals surface area contributed by atoms with Crippen molar-refractivity contribution < 1.29 is 5.21 Å². The molecule has 0 aliphatic carbocycles. The first-order chi connectivity index (χ1) is 10.0. The first-order valence-electron chi connectivity index (χ1n) is 6.42. The molecule has 2 rings (SSSR count). The van der Waals surface area contributed by atoms with Gasteiger partial charge < -0.3 is 15.8 Å². The second kappa shape index (κ2) is 6.45. The fraction of sp³-hybridized carbons (Fsp3) is 0.200. The van der Waals surface area contributed by atoms with E-state index in [1.165, 1.54) is 0 Å². The normalized spacial score (nSPS) is 11.5. The number of rotatable bonds is 4. The van der Waals surface area contributed by atoms with E-state index in [0.29, 0.717) is 22.9 Å². The van der Waals surface area contributed by atoms with E-state index in [0.717, 1.165) is 11.3 Å². The highest BCUT2D eigenvalue weighted by atomic mass is 35.5. The molecule has 0 aliphatic rings. The molecule has 3 N–H and O–H groups in total. The van der Waals surface area contributed by atoms with E-state index >= 15 is 0 Å². The summed E-state index contributed by atoms with van der Waals surface area (Å²) in [6, 6.07) is 11.2. The summed E-state index contributed by atoms with van der Waals surface area (Å²) in [6.45, 7) is 2.54. The van der Waals surface area contributed by atoms with E-state index in [9.17, 15) is 0 Å². The quantitative estimate of drug-likeness (QED) is 0.394.